The van der Waals surface area contributed by atoms with Crippen molar-refractivity contribution in [2.24, 2.45) is 0 Å². The van der Waals surface area contributed by atoms with Crippen LogP contribution >= 0.6 is 0 Å². The van der Waals surface area contributed by atoms with E-state index in [1.807, 2.05) is 77.0 Å². The largest absolute Gasteiger partial charge is 0.468 e. The van der Waals surface area contributed by atoms with E-state index in [1.165, 1.54) is 20.2 Å². The van der Waals surface area contributed by atoms with Crippen molar-refractivity contribution in [2.75, 3.05) is 66.4 Å². The summed E-state index contributed by atoms with van der Waals surface area (Å²) >= 11 is 0. The zero-order chi connectivity index (χ0) is 35.1. The molecule has 1 aromatic rings. The first-order valence-electron chi connectivity index (χ1n) is 15.7. The highest BCUT2D eigenvalue weighted by Crippen LogP contribution is 2.26. The van der Waals surface area contributed by atoms with Crippen LogP contribution in [0.15, 0.2) is 15.8 Å². The fraction of sp³-hybridized carbons (Fsp3) is 0.371. The van der Waals surface area contributed by atoms with Gasteiger partial charge in [-0.2, -0.15) is 0 Å². The van der Waals surface area contributed by atoms with Crippen molar-refractivity contribution >= 4 is 17.9 Å². The number of rotatable bonds is 20. The highest BCUT2D eigenvalue weighted by Gasteiger charge is 2.36. The van der Waals surface area contributed by atoms with E-state index in [0.717, 1.165) is 27.2 Å². The van der Waals surface area contributed by atoms with Crippen molar-refractivity contribution in [2.45, 2.75) is 19.0 Å². The molecule has 15 radical (unpaired) electrons. The molecule has 4 rings (SSSR count). The van der Waals surface area contributed by atoms with Crippen LogP contribution in [-0.4, -0.2) is 104 Å². The van der Waals surface area contributed by atoms with Gasteiger partial charge in [0.1, 0.15) is 18.6 Å². The maximum atomic E-state index is 13.4. The quantitative estimate of drug-likeness (QED) is 0.163. The minimum Gasteiger partial charge on any atom is -0.468 e. The molecule has 0 aliphatic heterocycles. The smallest absolute Gasteiger partial charge is 0.328 e. The van der Waals surface area contributed by atoms with Crippen LogP contribution < -0.4 is 21.9 Å². The Morgan fingerprint density at radius 3 is 1.78 bits per heavy atom. The Balaban J connectivity index is 1.40. The SMILES string of the molecule is COC(=O)CN(CCNC(=O)NC(COC[C]1[CH][CH][CH][CH]1)(COC[C]1[CH][CH][CH][CH]1)COC[C]1[CH][CH][CH][CH]1)C(=O)Cn1cc(C)c(=O)[nH]c1=O. The van der Waals surface area contributed by atoms with Gasteiger partial charge in [0.25, 0.3) is 5.56 Å². The minimum absolute atomic E-state index is 0.0543. The summed E-state index contributed by atoms with van der Waals surface area (Å²) in [5.41, 5.74) is -2.20. The van der Waals surface area contributed by atoms with Gasteiger partial charge >= 0.3 is 17.7 Å². The van der Waals surface area contributed by atoms with Crippen molar-refractivity contribution in [3.05, 3.63) is 127 Å². The number of nitrogens with zero attached hydrogens (tertiary/aromatic N) is 2. The van der Waals surface area contributed by atoms with E-state index >= 15 is 0 Å². The molecule has 0 spiro atoms. The standard InChI is InChI=1S/C35H42N5O9/c1-26-17-40(34(45)37-32(26)43)18-30(41)39(19-31(42)46-2)16-15-36-33(44)38-35(23-47-20-27-9-3-4-10-27,24-48-21-28-11-5-6-12-28)25-49-22-29-13-7-8-14-29/h3-14,17H,15-16,18-25H2,1-2H3,(H2,36,38,44)(H,37,43,45). The van der Waals surface area contributed by atoms with Crippen molar-refractivity contribution in [3.63, 3.8) is 0 Å². The van der Waals surface area contributed by atoms with Crippen LogP contribution in [0.25, 0.3) is 0 Å². The molecule has 3 fully saturated rings. The van der Waals surface area contributed by atoms with E-state index in [0.29, 0.717) is 19.8 Å². The van der Waals surface area contributed by atoms with E-state index in [2.05, 4.69) is 15.6 Å². The second-order valence-corrected chi connectivity index (χ2v) is 11.6. The molecule has 14 nitrogen and oxygen atoms in total. The third kappa shape index (κ3) is 12.9. The van der Waals surface area contributed by atoms with Gasteiger partial charge in [0.2, 0.25) is 5.91 Å². The molecule has 3 N–H and O–H groups in total. The molecule has 1 heterocycles. The van der Waals surface area contributed by atoms with Crippen LogP contribution in [-0.2, 0) is 35.1 Å². The zero-order valence-corrected chi connectivity index (χ0v) is 27.6. The van der Waals surface area contributed by atoms with Crippen molar-refractivity contribution in [1.29, 1.82) is 0 Å². The highest BCUT2D eigenvalue weighted by molar-refractivity contribution is 5.82. The number of esters is 1. The Morgan fingerprint density at radius 1 is 0.816 bits per heavy atom. The number of aromatic nitrogens is 2. The number of ether oxygens (including phenoxy) is 4. The first kappa shape index (κ1) is 38.6. The Labute approximate surface area is 288 Å². The lowest BCUT2D eigenvalue weighted by Crippen LogP contribution is -2.61. The van der Waals surface area contributed by atoms with E-state index in [-0.39, 0.29) is 38.5 Å². The predicted octanol–water partition coefficient (Wildman–Crippen LogP) is 0.150. The van der Waals surface area contributed by atoms with Gasteiger partial charge in [-0.15, -0.1) is 0 Å². The first-order valence-corrected chi connectivity index (χ1v) is 15.7. The van der Waals surface area contributed by atoms with E-state index < -0.39 is 47.8 Å². The topological polar surface area (TPSA) is 170 Å². The number of H-pyrrole nitrogens is 1. The summed E-state index contributed by atoms with van der Waals surface area (Å²) in [5, 5.41) is 5.72. The number of aryl methyl sites for hydroxylation is 1. The van der Waals surface area contributed by atoms with Gasteiger partial charge in [-0.1, -0.05) is 0 Å². The Kier molecular flexibility index (Phi) is 15.6. The lowest BCUT2D eigenvalue weighted by atomic mass is 10.0. The molecule has 3 aliphatic carbocycles. The predicted molar refractivity (Wildman–Crippen MR) is 178 cm³/mol. The minimum atomic E-state index is -1.11. The fourth-order valence-electron chi connectivity index (χ4n) is 4.94. The van der Waals surface area contributed by atoms with Crippen LogP contribution in [0.3, 0.4) is 0 Å². The molecule has 3 aliphatic rings. The van der Waals surface area contributed by atoms with Gasteiger partial charge in [0.15, 0.2) is 0 Å². The summed E-state index contributed by atoms with van der Waals surface area (Å²) in [7, 11) is 1.19. The molecule has 49 heavy (non-hydrogen) atoms. The molecule has 261 valence electrons. The lowest BCUT2D eigenvalue weighted by molar-refractivity contribution is -0.147. The van der Waals surface area contributed by atoms with Crippen molar-refractivity contribution in [1.82, 2.24) is 25.1 Å². The number of amides is 3. The Morgan fingerprint density at radius 2 is 1.31 bits per heavy atom. The van der Waals surface area contributed by atoms with E-state index in [1.54, 1.807) is 0 Å². The van der Waals surface area contributed by atoms with Crippen LogP contribution in [0, 0.1) is 102 Å². The Bertz CT molecular complexity index is 1260. The summed E-state index contributed by atoms with van der Waals surface area (Å²) in [4.78, 5) is 65.9. The van der Waals surface area contributed by atoms with Crippen molar-refractivity contribution in [3.8, 4) is 0 Å². The summed E-state index contributed by atoms with van der Waals surface area (Å²) in [6.07, 6.45) is 24.4. The number of hydrogen-bond acceptors (Lipinski definition) is 9. The molecule has 0 aromatic carbocycles. The number of urea groups is 1. The third-order valence-electron chi connectivity index (χ3n) is 7.58. The van der Waals surface area contributed by atoms with Crippen molar-refractivity contribution < 1.29 is 33.3 Å². The second kappa shape index (κ2) is 19.8. The molecular weight excluding hydrogens is 634 g/mol. The second-order valence-electron chi connectivity index (χ2n) is 11.6. The highest BCUT2D eigenvalue weighted by atomic mass is 16.5. The number of nitrogens with one attached hydrogen (secondary N) is 3. The van der Waals surface area contributed by atoms with Gasteiger partial charge in [-0.3, -0.25) is 23.9 Å². The number of hydrogen-bond donors (Lipinski definition) is 3. The average Bonchev–Trinajstić information content (AvgIpc) is 3.88. The first-order chi connectivity index (χ1) is 23.7. The molecule has 14 heteroatoms. The van der Waals surface area contributed by atoms with E-state index in [4.69, 9.17) is 18.9 Å². The molecule has 0 saturated heterocycles. The third-order valence-corrected chi connectivity index (χ3v) is 7.58. The molecule has 0 bridgehead atoms. The molecule has 3 saturated carbocycles. The number of carbonyl (C=O) groups excluding carboxylic acids is 3. The summed E-state index contributed by atoms with van der Waals surface area (Å²) < 4.78 is 24.0. The summed E-state index contributed by atoms with van der Waals surface area (Å²) in [6, 6.07) is -0.580. The normalized spacial score (nSPS) is 17.4. The zero-order valence-electron chi connectivity index (χ0n) is 27.6. The molecule has 0 unspecified atom stereocenters. The summed E-state index contributed by atoms with van der Waals surface area (Å²) in [6.45, 7) is 1.63. The number of methoxy groups -OCH3 is 1. The van der Waals surface area contributed by atoms with Crippen LogP contribution in [0.1, 0.15) is 5.56 Å². The molecule has 3 amide bonds. The molecule has 0 atom stereocenters. The van der Waals surface area contributed by atoms with Crippen LogP contribution in [0.2, 0.25) is 0 Å². The fourth-order valence-corrected chi connectivity index (χ4v) is 4.94. The maximum Gasteiger partial charge on any atom is 0.328 e. The van der Waals surface area contributed by atoms with Gasteiger partial charge in [-0.05, 0) is 84.0 Å². The van der Waals surface area contributed by atoms with Crippen LogP contribution in [0.4, 0.5) is 4.79 Å². The lowest BCUT2D eigenvalue weighted by Gasteiger charge is -2.35. The average molecular weight is 677 g/mol. The Hall–Kier alpha value is -3.23. The van der Waals surface area contributed by atoms with Gasteiger partial charge in [0, 0.05) is 42.6 Å². The van der Waals surface area contributed by atoms with Gasteiger partial charge < -0.3 is 34.5 Å². The van der Waals surface area contributed by atoms with Gasteiger partial charge in [0.05, 0.1) is 46.8 Å². The number of carbonyl (C=O) groups is 3. The van der Waals surface area contributed by atoms with Crippen LogP contribution in [0.5, 0.6) is 0 Å². The summed E-state index contributed by atoms with van der Waals surface area (Å²) in [5.74, 6) is 1.64. The molecule has 1 aromatic heterocycles. The monoisotopic (exact) mass is 676 g/mol. The van der Waals surface area contributed by atoms with E-state index in [9.17, 15) is 24.0 Å². The number of aromatic amines is 1. The van der Waals surface area contributed by atoms with Gasteiger partial charge in [-0.25, -0.2) is 9.59 Å². The molecular formula is C35H42N5O9. The maximum absolute atomic E-state index is 13.4.